The number of benzene rings is 3. The maximum atomic E-state index is 13.3. The maximum Gasteiger partial charge on any atom is 0.329 e. The van der Waals surface area contributed by atoms with Gasteiger partial charge in [0.15, 0.2) is 6.67 Å². The van der Waals surface area contributed by atoms with E-state index in [1.807, 2.05) is 49.5 Å². The van der Waals surface area contributed by atoms with E-state index in [9.17, 15) is 14.0 Å². The molecule has 1 saturated heterocycles. The Morgan fingerprint density at radius 3 is 2.45 bits per heavy atom. The molecule has 1 aliphatic heterocycles. The third-order valence-electron chi connectivity index (χ3n) is 5.45. The van der Waals surface area contributed by atoms with E-state index >= 15 is 0 Å². The van der Waals surface area contributed by atoms with Crippen LogP contribution in [0.2, 0.25) is 0 Å². The minimum atomic E-state index is -1.12. The third-order valence-corrected chi connectivity index (χ3v) is 5.45. The van der Waals surface area contributed by atoms with Crippen LogP contribution < -0.4 is 10.2 Å². The number of urea groups is 1. The molecule has 2 atom stereocenters. The lowest BCUT2D eigenvalue weighted by Crippen LogP contribution is -3.09. The molecule has 2 N–H and O–H groups in total. The summed E-state index contributed by atoms with van der Waals surface area (Å²) >= 11 is 0. The first kappa shape index (κ1) is 19.1. The number of carbonyl (C=O) groups excluding carboxylic acids is 2. The Morgan fingerprint density at radius 1 is 1.00 bits per heavy atom. The van der Waals surface area contributed by atoms with Crippen molar-refractivity contribution in [2.24, 2.45) is 0 Å². The van der Waals surface area contributed by atoms with E-state index in [4.69, 9.17) is 0 Å². The monoisotopic (exact) mass is 392 g/mol. The van der Waals surface area contributed by atoms with E-state index in [0.717, 1.165) is 26.8 Å². The van der Waals surface area contributed by atoms with Crippen LogP contribution in [-0.4, -0.2) is 30.6 Å². The van der Waals surface area contributed by atoms with Crippen LogP contribution in [0.3, 0.4) is 0 Å². The fraction of sp³-hybridized carbons (Fsp3) is 0.217. The predicted octanol–water partition coefficient (Wildman–Crippen LogP) is 2.42. The second-order valence-corrected chi connectivity index (χ2v) is 7.73. The summed E-state index contributed by atoms with van der Waals surface area (Å²) in [5, 5.41) is 4.85. The van der Waals surface area contributed by atoms with Gasteiger partial charge in [-0.15, -0.1) is 0 Å². The number of nitrogens with zero attached hydrogens (tertiary/aromatic N) is 1. The smallest absolute Gasteiger partial charge is 0.319 e. The lowest BCUT2D eigenvalue weighted by atomic mass is 9.88. The van der Waals surface area contributed by atoms with E-state index in [2.05, 4.69) is 5.32 Å². The van der Waals surface area contributed by atoms with Crippen molar-refractivity contribution in [1.82, 2.24) is 10.2 Å². The van der Waals surface area contributed by atoms with Crippen molar-refractivity contribution >= 4 is 22.7 Å². The second kappa shape index (κ2) is 7.29. The average Bonchev–Trinajstić information content (AvgIpc) is 2.93. The fourth-order valence-corrected chi connectivity index (χ4v) is 3.96. The average molecular weight is 392 g/mol. The van der Waals surface area contributed by atoms with Gasteiger partial charge in [-0.1, -0.05) is 54.6 Å². The van der Waals surface area contributed by atoms with Gasteiger partial charge in [0.05, 0.1) is 7.05 Å². The number of rotatable bonds is 5. The molecule has 3 aromatic carbocycles. The molecule has 3 aromatic rings. The van der Waals surface area contributed by atoms with Gasteiger partial charge in [0, 0.05) is 5.56 Å². The highest BCUT2D eigenvalue weighted by molar-refractivity contribution is 6.09. The number of imide groups is 1. The molecule has 6 heteroatoms. The Labute approximate surface area is 168 Å². The Morgan fingerprint density at radius 2 is 1.69 bits per heavy atom. The van der Waals surface area contributed by atoms with Crippen LogP contribution >= 0.6 is 0 Å². The van der Waals surface area contributed by atoms with E-state index in [1.165, 1.54) is 17.0 Å². The molecule has 0 spiro atoms. The van der Waals surface area contributed by atoms with Crippen molar-refractivity contribution in [3.63, 3.8) is 0 Å². The molecule has 0 aromatic heterocycles. The summed E-state index contributed by atoms with van der Waals surface area (Å²) in [6.07, 6.45) is 0. The van der Waals surface area contributed by atoms with Gasteiger partial charge in [0.1, 0.15) is 17.9 Å². The molecular weight excluding hydrogens is 369 g/mol. The summed E-state index contributed by atoms with van der Waals surface area (Å²) in [5.74, 6) is -0.552. The molecule has 1 unspecified atom stereocenters. The SMILES string of the molecule is C[NH+](Cc1ccc(F)cc1)CN1C(=O)N[C@@](C)(c2cccc3ccccc23)C1=O. The van der Waals surface area contributed by atoms with Crippen LogP contribution in [0, 0.1) is 5.82 Å². The second-order valence-electron chi connectivity index (χ2n) is 7.73. The highest BCUT2D eigenvalue weighted by Crippen LogP contribution is 2.33. The van der Waals surface area contributed by atoms with Gasteiger partial charge in [-0.2, -0.15) is 0 Å². The standard InChI is InChI=1S/C23H22FN3O2/c1-23(20-9-5-7-17-6-3-4-8-19(17)20)21(28)27(22(29)25-23)15-26(2)14-16-10-12-18(24)13-11-16/h3-13H,14-15H2,1-2H3,(H,25,29)/p+1/t23-/m0/s1. The van der Waals surface area contributed by atoms with Crippen molar-refractivity contribution in [2.75, 3.05) is 13.7 Å². The molecule has 5 nitrogen and oxygen atoms in total. The van der Waals surface area contributed by atoms with Gasteiger partial charge >= 0.3 is 6.03 Å². The van der Waals surface area contributed by atoms with Crippen molar-refractivity contribution in [3.05, 3.63) is 83.7 Å². The zero-order valence-electron chi connectivity index (χ0n) is 16.4. The Bertz CT molecular complexity index is 1080. The molecule has 4 rings (SSSR count). The number of quaternary nitrogens is 1. The first-order valence-electron chi connectivity index (χ1n) is 9.56. The van der Waals surface area contributed by atoms with Crippen LogP contribution in [0.25, 0.3) is 10.8 Å². The summed E-state index contributed by atoms with van der Waals surface area (Å²) in [7, 11) is 1.90. The van der Waals surface area contributed by atoms with E-state index in [0.29, 0.717) is 6.54 Å². The number of halogens is 1. The summed E-state index contributed by atoms with van der Waals surface area (Å²) in [5.41, 5.74) is 0.606. The van der Waals surface area contributed by atoms with E-state index in [-0.39, 0.29) is 18.4 Å². The summed E-state index contributed by atoms with van der Waals surface area (Å²) < 4.78 is 13.1. The topological polar surface area (TPSA) is 53.9 Å². The predicted molar refractivity (Wildman–Crippen MR) is 109 cm³/mol. The van der Waals surface area contributed by atoms with Gasteiger partial charge in [0.2, 0.25) is 0 Å². The minimum absolute atomic E-state index is 0.225. The van der Waals surface area contributed by atoms with Crippen LogP contribution in [0.1, 0.15) is 18.1 Å². The maximum absolute atomic E-state index is 13.3. The molecule has 1 fully saturated rings. The molecule has 0 aliphatic carbocycles. The number of carbonyl (C=O) groups is 2. The first-order chi connectivity index (χ1) is 13.9. The molecule has 148 valence electrons. The molecule has 1 heterocycles. The first-order valence-corrected chi connectivity index (χ1v) is 9.56. The van der Waals surface area contributed by atoms with Crippen molar-refractivity contribution in [3.8, 4) is 0 Å². The molecule has 29 heavy (non-hydrogen) atoms. The van der Waals surface area contributed by atoms with Crippen LogP contribution in [-0.2, 0) is 16.9 Å². The Hall–Kier alpha value is -3.25. The van der Waals surface area contributed by atoms with Gasteiger partial charge in [-0.05, 0) is 35.4 Å². The summed E-state index contributed by atoms with van der Waals surface area (Å²) in [6.45, 7) is 2.55. The van der Waals surface area contributed by atoms with Gasteiger partial charge < -0.3 is 10.2 Å². The van der Waals surface area contributed by atoms with Crippen molar-refractivity contribution < 1.29 is 18.9 Å². The normalized spacial score (nSPS) is 20.2. The van der Waals surface area contributed by atoms with Gasteiger partial charge in [0.25, 0.3) is 5.91 Å². The summed E-state index contributed by atoms with van der Waals surface area (Å²) in [6, 6.07) is 19.4. The Kier molecular flexibility index (Phi) is 4.80. The summed E-state index contributed by atoms with van der Waals surface area (Å²) in [4.78, 5) is 28.2. The molecule has 0 saturated carbocycles. The lowest BCUT2D eigenvalue weighted by molar-refractivity contribution is -0.901. The highest BCUT2D eigenvalue weighted by Gasteiger charge is 2.50. The number of nitrogens with one attached hydrogen (secondary N) is 2. The number of hydrogen-bond donors (Lipinski definition) is 2. The molecule has 0 radical (unpaired) electrons. The zero-order valence-corrected chi connectivity index (χ0v) is 16.4. The number of hydrogen-bond acceptors (Lipinski definition) is 2. The molecular formula is C23H23FN3O2+. The van der Waals surface area contributed by atoms with E-state index in [1.54, 1.807) is 19.1 Å². The zero-order chi connectivity index (χ0) is 20.6. The van der Waals surface area contributed by atoms with Gasteiger partial charge in [-0.25, -0.2) is 14.1 Å². The van der Waals surface area contributed by atoms with Crippen LogP contribution in [0.4, 0.5) is 9.18 Å². The highest BCUT2D eigenvalue weighted by atomic mass is 19.1. The molecule has 1 aliphatic rings. The fourth-order valence-electron chi connectivity index (χ4n) is 3.96. The van der Waals surface area contributed by atoms with Crippen molar-refractivity contribution in [2.45, 2.75) is 19.0 Å². The Balaban J connectivity index is 1.57. The van der Waals surface area contributed by atoms with E-state index < -0.39 is 11.6 Å². The molecule has 3 amide bonds. The molecule has 0 bridgehead atoms. The lowest BCUT2D eigenvalue weighted by Gasteiger charge is -2.24. The van der Waals surface area contributed by atoms with Gasteiger partial charge in [-0.3, -0.25) is 4.79 Å². The minimum Gasteiger partial charge on any atom is -0.319 e. The number of fused-ring (bicyclic) bond motifs is 1. The van der Waals surface area contributed by atoms with Crippen LogP contribution in [0.5, 0.6) is 0 Å². The quantitative estimate of drug-likeness (QED) is 0.656. The largest absolute Gasteiger partial charge is 0.329 e. The third kappa shape index (κ3) is 3.47. The van der Waals surface area contributed by atoms with Crippen LogP contribution in [0.15, 0.2) is 66.7 Å². The number of amides is 3. The van der Waals surface area contributed by atoms with Crippen molar-refractivity contribution in [1.29, 1.82) is 0 Å².